The fourth-order valence-corrected chi connectivity index (χ4v) is 1.70. The number of hydrogen-bond donors (Lipinski definition) is 1. The summed E-state index contributed by atoms with van der Waals surface area (Å²) in [5.74, 6) is 0. The molecule has 0 aromatic heterocycles. The first kappa shape index (κ1) is 13.0. The van der Waals surface area contributed by atoms with E-state index in [-0.39, 0.29) is 12.8 Å². The van der Waals surface area contributed by atoms with Gasteiger partial charge >= 0.3 is 12.4 Å². The lowest BCUT2D eigenvalue weighted by atomic mass is 10.1. The smallest absolute Gasteiger partial charge is 0.371 e. The monoisotopic (exact) mass is 269 g/mol. The summed E-state index contributed by atoms with van der Waals surface area (Å²) in [6, 6.07) is 4.18. The van der Waals surface area contributed by atoms with Gasteiger partial charge in [-0.2, -0.15) is 26.3 Å². The summed E-state index contributed by atoms with van der Waals surface area (Å²) in [5.41, 5.74) is -3.81. The molecule has 1 aromatic rings. The van der Waals surface area contributed by atoms with Gasteiger partial charge in [0.2, 0.25) is 0 Å². The standard InChI is InChI=1S/C11H9F6N/c12-10(13,14)7-3-1-2-4-8(7)18-9(5-6-9)11(15,16)17/h1-4,18H,5-6H2. The highest BCUT2D eigenvalue weighted by atomic mass is 19.4. The van der Waals surface area contributed by atoms with E-state index in [0.29, 0.717) is 0 Å². The Balaban J connectivity index is 2.31. The molecule has 1 aliphatic rings. The number of halogens is 6. The van der Waals surface area contributed by atoms with E-state index >= 15 is 0 Å². The highest BCUT2D eigenvalue weighted by Gasteiger charge is 2.63. The van der Waals surface area contributed by atoms with Gasteiger partial charge in [-0.15, -0.1) is 0 Å². The van der Waals surface area contributed by atoms with Crippen LogP contribution in [0.4, 0.5) is 32.0 Å². The molecule has 0 heterocycles. The molecular formula is C11H9F6N. The molecule has 1 saturated carbocycles. The van der Waals surface area contributed by atoms with Crippen LogP contribution in [0.2, 0.25) is 0 Å². The Bertz CT molecular complexity index is 444. The van der Waals surface area contributed by atoms with Crippen molar-refractivity contribution in [1.82, 2.24) is 0 Å². The minimum atomic E-state index is -4.68. The van der Waals surface area contributed by atoms with E-state index in [0.717, 1.165) is 18.2 Å². The first-order chi connectivity index (χ1) is 8.16. The number of benzene rings is 1. The van der Waals surface area contributed by atoms with Crippen LogP contribution in [-0.2, 0) is 6.18 Å². The predicted molar refractivity (Wildman–Crippen MR) is 53.1 cm³/mol. The molecule has 0 radical (unpaired) electrons. The molecule has 100 valence electrons. The van der Waals surface area contributed by atoms with Gasteiger partial charge in [0.15, 0.2) is 0 Å². The molecule has 0 amide bonds. The summed E-state index contributed by atoms with van der Waals surface area (Å²) in [5, 5.41) is 2.00. The number of hydrogen-bond acceptors (Lipinski definition) is 1. The van der Waals surface area contributed by atoms with Crippen LogP contribution in [-0.4, -0.2) is 11.7 Å². The van der Waals surface area contributed by atoms with Crippen molar-refractivity contribution in [2.75, 3.05) is 5.32 Å². The largest absolute Gasteiger partial charge is 0.418 e. The number of rotatable bonds is 2. The van der Waals surface area contributed by atoms with Crippen LogP contribution in [0.3, 0.4) is 0 Å². The Morgan fingerprint density at radius 2 is 1.50 bits per heavy atom. The van der Waals surface area contributed by atoms with Crippen molar-refractivity contribution in [1.29, 1.82) is 0 Å². The van der Waals surface area contributed by atoms with Crippen LogP contribution in [0.15, 0.2) is 24.3 Å². The second-order valence-corrected chi connectivity index (χ2v) is 4.25. The van der Waals surface area contributed by atoms with E-state index in [1.165, 1.54) is 6.07 Å². The summed E-state index contributed by atoms with van der Waals surface area (Å²) < 4.78 is 75.9. The third kappa shape index (κ3) is 2.26. The third-order valence-corrected chi connectivity index (χ3v) is 2.90. The molecule has 0 unspecified atom stereocenters. The fourth-order valence-electron chi connectivity index (χ4n) is 1.70. The van der Waals surface area contributed by atoms with Crippen LogP contribution in [0.25, 0.3) is 0 Å². The van der Waals surface area contributed by atoms with Crippen molar-refractivity contribution in [3.63, 3.8) is 0 Å². The van der Waals surface area contributed by atoms with Gasteiger partial charge in [-0.25, -0.2) is 0 Å². The van der Waals surface area contributed by atoms with Gasteiger partial charge < -0.3 is 5.32 Å². The molecule has 1 aliphatic carbocycles. The minimum absolute atomic E-state index is 0.206. The Hall–Kier alpha value is -1.40. The summed E-state index contributed by atoms with van der Waals surface area (Å²) >= 11 is 0. The second-order valence-electron chi connectivity index (χ2n) is 4.25. The molecule has 0 saturated heterocycles. The van der Waals surface area contributed by atoms with E-state index in [4.69, 9.17) is 0 Å². The molecule has 0 bridgehead atoms. The van der Waals surface area contributed by atoms with Crippen molar-refractivity contribution < 1.29 is 26.3 Å². The van der Waals surface area contributed by atoms with Crippen molar-refractivity contribution in [2.45, 2.75) is 30.7 Å². The number of anilines is 1. The number of alkyl halides is 6. The zero-order valence-electron chi connectivity index (χ0n) is 8.99. The Labute approximate surface area is 98.8 Å². The van der Waals surface area contributed by atoms with E-state index in [2.05, 4.69) is 0 Å². The molecule has 0 atom stereocenters. The molecule has 0 aliphatic heterocycles. The lowest BCUT2D eigenvalue weighted by Gasteiger charge is -2.24. The van der Waals surface area contributed by atoms with E-state index < -0.39 is 29.1 Å². The first-order valence-electron chi connectivity index (χ1n) is 5.17. The quantitative estimate of drug-likeness (QED) is 0.793. The molecule has 1 nitrogen and oxygen atoms in total. The maximum atomic E-state index is 12.7. The molecule has 7 heteroatoms. The van der Waals surface area contributed by atoms with Gasteiger partial charge in [0.1, 0.15) is 5.54 Å². The van der Waals surface area contributed by atoms with Crippen LogP contribution in [0.1, 0.15) is 18.4 Å². The Morgan fingerprint density at radius 1 is 0.944 bits per heavy atom. The van der Waals surface area contributed by atoms with Gasteiger partial charge in [-0.3, -0.25) is 0 Å². The van der Waals surface area contributed by atoms with Gasteiger partial charge in [0.05, 0.1) is 5.56 Å². The Morgan fingerprint density at radius 3 is 1.94 bits per heavy atom. The second kappa shape index (κ2) is 3.80. The van der Waals surface area contributed by atoms with E-state index in [1.807, 2.05) is 5.32 Å². The summed E-state index contributed by atoms with van der Waals surface area (Å²) in [7, 11) is 0. The molecule has 2 rings (SSSR count). The van der Waals surface area contributed by atoms with Gasteiger partial charge in [0, 0.05) is 5.69 Å². The van der Waals surface area contributed by atoms with Crippen molar-refractivity contribution in [3.8, 4) is 0 Å². The highest BCUT2D eigenvalue weighted by molar-refractivity contribution is 5.56. The van der Waals surface area contributed by atoms with Crippen molar-refractivity contribution in [2.24, 2.45) is 0 Å². The zero-order chi connectivity index (χ0) is 13.6. The lowest BCUT2D eigenvalue weighted by Crippen LogP contribution is -2.39. The summed E-state index contributed by atoms with van der Waals surface area (Å²) in [6.45, 7) is 0. The van der Waals surface area contributed by atoms with Gasteiger partial charge in [-0.1, -0.05) is 12.1 Å². The molecule has 18 heavy (non-hydrogen) atoms. The zero-order valence-corrected chi connectivity index (χ0v) is 8.99. The van der Waals surface area contributed by atoms with Crippen LogP contribution < -0.4 is 5.32 Å². The van der Waals surface area contributed by atoms with Crippen LogP contribution >= 0.6 is 0 Å². The average Bonchev–Trinajstić information content (AvgIpc) is 2.97. The third-order valence-electron chi connectivity index (χ3n) is 2.90. The Kier molecular flexibility index (Phi) is 2.75. The average molecular weight is 269 g/mol. The van der Waals surface area contributed by atoms with Gasteiger partial charge in [-0.05, 0) is 25.0 Å². The SMILES string of the molecule is FC(F)(F)c1ccccc1NC1(C(F)(F)F)CC1. The normalized spacial score (nSPS) is 18.6. The van der Waals surface area contributed by atoms with Crippen LogP contribution in [0, 0.1) is 0 Å². The summed E-state index contributed by atoms with van der Waals surface area (Å²) in [6.07, 6.45) is -9.64. The van der Waals surface area contributed by atoms with Gasteiger partial charge in [0.25, 0.3) is 0 Å². The molecule has 1 fully saturated rings. The van der Waals surface area contributed by atoms with Crippen molar-refractivity contribution in [3.05, 3.63) is 29.8 Å². The highest BCUT2D eigenvalue weighted by Crippen LogP contribution is 2.52. The minimum Gasteiger partial charge on any atom is -0.371 e. The maximum Gasteiger partial charge on any atom is 0.418 e. The maximum absolute atomic E-state index is 12.7. The van der Waals surface area contributed by atoms with E-state index in [9.17, 15) is 26.3 Å². The summed E-state index contributed by atoms with van der Waals surface area (Å²) in [4.78, 5) is 0. The number of para-hydroxylation sites is 1. The molecule has 1 N–H and O–H groups in total. The lowest BCUT2D eigenvalue weighted by molar-refractivity contribution is -0.152. The van der Waals surface area contributed by atoms with Crippen LogP contribution in [0.5, 0.6) is 0 Å². The molecular weight excluding hydrogens is 260 g/mol. The topological polar surface area (TPSA) is 12.0 Å². The first-order valence-corrected chi connectivity index (χ1v) is 5.17. The fraction of sp³-hybridized carbons (Fsp3) is 0.455. The van der Waals surface area contributed by atoms with E-state index in [1.54, 1.807) is 0 Å². The predicted octanol–water partition coefficient (Wildman–Crippen LogP) is 4.21. The van der Waals surface area contributed by atoms with Crippen molar-refractivity contribution >= 4 is 5.69 Å². The molecule has 1 aromatic carbocycles. The number of nitrogens with one attached hydrogen (secondary N) is 1. The molecule has 0 spiro atoms.